The van der Waals surface area contributed by atoms with Crippen LogP contribution in [0.25, 0.3) is 34.4 Å². The van der Waals surface area contributed by atoms with Gasteiger partial charge in [-0.05, 0) is 85.4 Å². The van der Waals surface area contributed by atoms with E-state index in [-0.39, 0.29) is 55.9 Å². The van der Waals surface area contributed by atoms with Crippen LogP contribution >= 0.6 is 11.8 Å². The van der Waals surface area contributed by atoms with Crippen LogP contribution in [0.5, 0.6) is 0 Å². The van der Waals surface area contributed by atoms with E-state index in [2.05, 4.69) is 0 Å². The molecule has 2 aliphatic rings. The number of nitrogens with zero attached hydrogens (tertiary/aromatic N) is 6. The molecule has 2 fully saturated rings. The van der Waals surface area contributed by atoms with Crippen LogP contribution in [0.15, 0.2) is 82.6 Å². The molecule has 15 heteroatoms. The fourth-order valence-corrected chi connectivity index (χ4v) is 8.93. The molecule has 2 heterocycles. The first-order valence-corrected chi connectivity index (χ1v) is 20.8. The lowest BCUT2D eigenvalue weighted by Crippen LogP contribution is -2.49. The minimum absolute atomic E-state index is 0.0599. The van der Waals surface area contributed by atoms with Crippen molar-refractivity contribution in [3.63, 3.8) is 0 Å². The van der Waals surface area contributed by atoms with Crippen LogP contribution in [-0.2, 0) is 19.2 Å². The Morgan fingerprint density at radius 2 is 0.885 bits per heavy atom. The monoisotopic (exact) mass is 844 g/mol. The van der Waals surface area contributed by atoms with Gasteiger partial charge >= 0.3 is 0 Å². The van der Waals surface area contributed by atoms with Crippen molar-refractivity contribution in [3.05, 3.63) is 126 Å². The lowest BCUT2D eigenvalue weighted by Gasteiger charge is -2.33. The molecule has 14 nitrogen and oxygen atoms in total. The molecular formula is C46H48N6O8S. The van der Waals surface area contributed by atoms with Crippen molar-refractivity contribution in [2.75, 3.05) is 52.4 Å². The maximum Gasteiger partial charge on any atom is 0.291 e. The molecule has 0 spiro atoms. The van der Waals surface area contributed by atoms with Crippen molar-refractivity contribution in [2.45, 2.75) is 51.3 Å². The van der Waals surface area contributed by atoms with Crippen LogP contribution in [0.1, 0.15) is 47.2 Å². The first kappa shape index (κ1) is 44.0. The summed E-state index contributed by atoms with van der Waals surface area (Å²) in [7, 11) is 0. The van der Waals surface area contributed by atoms with Crippen molar-refractivity contribution >= 4 is 58.9 Å². The normalized spacial score (nSPS) is 14.5. The molecule has 6 rings (SSSR count). The van der Waals surface area contributed by atoms with Crippen molar-refractivity contribution in [2.24, 2.45) is 0 Å². The molecular weight excluding hydrogens is 797 g/mol. The summed E-state index contributed by atoms with van der Waals surface area (Å²) in [6.45, 7) is 13.6. The molecule has 0 unspecified atom stereocenters. The summed E-state index contributed by atoms with van der Waals surface area (Å²) in [6, 6.07) is 17.6. The van der Waals surface area contributed by atoms with Crippen LogP contribution < -0.4 is 0 Å². The Morgan fingerprint density at radius 1 is 0.541 bits per heavy atom. The maximum atomic E-state index is 13.3. The summed E-state index contributed by atoms with van der Waals surface area (Å²) in [5, 5.41) is 26.5. The molecule has 0 bridgehead atoms. The standard InChI is InChI=1S/C46H48N6O8S/c1-29-7-13-37(31(3)27-29)43-35(11-17-41(55)49-23-19-47(20-24-49)33(5)53)9-15-39(45(43)51(57)58)61-40-16-10-36(12-18-42(56)50-25-21-48(22-26-50)34(6)54)44(46(40)52(59)60)38-14-8-30(2)28-32(38)4/h7-18,27-28H,19-26H2,1-6H3/b17-11+,18-12+. The number of nitro groups is 2. The lowest BCUT2D eigenvalue weighted by molar-refractivity contribution is -0.387. The van der Waals surface area contributed by atoms with E-state index in [1.807, 2.05) is 52.0 Å². The average molecular weight is 845 g/mol. The number of hydrogen-bond donors (Lipinski definition) is 0. The fraction of sp³-hybridized carbons (Fsp3) is 0.304. The number of aryl methyl sites for hydroxylation is 4. The largest absolute Gasteiger partial charge is 0.339 e. The van der Waals surface area contributed by atoms with Crippen molar-refractivity contribution in [1.29, 1.82) is 0 Å². The van der Waals surface area contributed by atoms with Crippen LogP contribution in [0.2, 0.25) is 0 Å². The molecule has 0 N–H and O–H groups in total. The van der Waals surface area contributed by atoms with Gasteiger partial charge in [-0.25, -0.2) is 0 Å². The second kappa shape index (κ2) is 18.8. The Labute approximate surface area is 358 Å². The second-order valence-electron chi connectivity index (χ2n) is 15.3. The van der Waals surface area contributed by atoms with Crippen molar-refractivity contribution < 1.29 is 29.0 Å². The third kappa shape index (κ3) is 9.89. The number of benzene rings is 4. The molecule has 2 saturated heterocycles. The van der Waals surface area contributed by atoms with Gasteiger partial charge in [0.1, 0.15) is 0 Å². The van der Waals surface area contributed by atoms with Gasteiger partial charge < -0.3 is 19.6 Å². The highest BCUT2D eigenvalue weighted by Crippen LogP contribution is 2.49. The van der Waals surface area contributed by atoms with E-state index in [1.54, 1.807) is 68.1 Å². The molecule has 0 atom stereocenters. The number of amides is 4. The Bertz CT molecular complexity index is 2330. The van der Waals surface area contributed by atoms with Gasteiger partial charge in [-0.2, -0.15) is 0 Å². The fourth-order valence-electron chi connectivity index (χ4n) is 7.87. The minimum Gasteiger partial charge on any atom is -0.339 e. The predicted octanol–water partition coefficient (Wildman–Crippen LogP) is 7.63. The van der Waals surface area contributed by atoms with Crippen molar-refractivity contribution in [1.82, 2.24) is 19.6 Å². The summed E-state index contributed by atoms with van der Waals surface area (Å²) in [5.41, 5.74) is 5.37. The Balaban J connectivity index is 1.45. The summed E-state index contributed by atoms with van der Waals surface area (Å²) in [6.07, 6.45) is 5.88. The van der Waals surface area contributed by atoms with Gasteiger partial charge in [0, 0.05) is 78.4 Å². The highest BCUT2D eigenvalue weighted by Gasteiger charge is 2.31. The lowest BCUT2D eigenvalue weighted by atomic mass is 9.93. The Hall–Kier alpha value is -6.61. The van der Waals surface area contributed by atoms with Crippen LogP contribution in [-0.4, -0.2) is 105 Å². The van der Waals surface area contributed by atoms with Gasteiger partial charge in [-0.15, -0.1) is 0 Å². The van der Waals surface area contributed by atoms with Crippen molar-refractivity contribution in [3.8, 4) is 22.3 Å². The first-order valence-electron chi connectivity index (χ1n) is 19.9. The summed E-state index contributed by atoms with van der Waals surface area (Å²) in [5.74, 6) is -0.709. The van der Waals surface area contributed by atoms with E-state index in [0.29, 0.717) is 74.6 Å². The zero-order valence-corrected chi connectivity index (χ0v) is 35.9. The number of carbonyl (C=O) groups is 4. The van der Waals surface area contributed by atoms with E-state index in [0.717, 1.165) is 34.0 Å². The highest BCUT2D eigenvalue weighted by atomic mass is 32.2. The van der Waals surface area contributed by atoms with E-state index >= 15 is 0 Å². The molecule has 4 amide bonds. The van der Waals surface area contributed by atoms with E-state index < -0.39 is 9.85 Å². The number of carbonyl (C=O) groups excluding carboxylic acids is 4. The van der Waals surface area contributed by atoms with Gasteiger partial charge in [0.05, 0.1) is 30.8 Å². The van der Waals surface area contributed by atoms with E-state index in [9.17, 15) is 39.4 Å². The molecule has 2 aliphatic heterocycles. The van der Waals surface area contributed by atoms with Gasteiger partial charge in [0.2, 0.25) is 23.6 Å². The minimum atomic E-state index is -0.493. The second-order valence-corrected chi connectivity index (χ2v) is 16.4. The van der Waals surface area contributed by atoms with Gasteiger partial charge in [0.15, 0.2) is 0 Å². The Kier molecular flexibility index (Phi) is 13.5. The summed E-state index contributed by atoms with van der Waals surface area (Å²) >= 11 is 0.904. The number of nitro benzene ring substituents is 2. The molecule has 0 radical (unpaired) electrons. The number of piperazine rings is 2. The van der Waals surface area contributed by atoms with E-state index in [1.165, 1.54) is 26.0 Å². The third-order valence-corrected chi connectivity index (χ3v) is 12.2. The molecule has 0 aromatic heterocycles. The molecule has 0 saturated carbocycles. The smallest absolute Gasteiger partial charge is 0.291 e. The van der Waals surface area contributed by atoms with E-state index in [4.69, 9.17) is 0 Å². The maximum absolute atomic E-state index is 13.3. The summed E-state index contributed by atoms with van der Waals surface area (Å²) in [4.78, 5) is 82.8. The van der Waals surface area contributed by atoms with Crippen LogP contribution in [0, 0.1) is 47.9 Å². The molecule has 4 aromatic carbocycles. The SMILES string of the molecule is CC(=O)N1CCN(C(=O)/C=C/c2ccc(Sc3ccc(/C=C/C(=O)N4CCN(C(C)=O)CC4)c(-c4ccc(C)cc4C)c3[N+](=O)[O-])c([N+](=O)[O-])c2-c2ccc(C)cc2C)CC1. The first-order chi connectivity index (χ1) is 29.0. The predicted molar refractivity (Wildman–Crippen MR) is 236 cm³/mol. The molecule has 316 valence electrons. The van der Waals surface area contributed by atoms with Gasteiger partial charge in [0.25, 0.3) is 11.4 Å². The number of hydrogen-bond acceptors (Lipinski definition) is 9. The number of rotatable bonds is 10. The van der Waals surface area contributed by atoms with Crippen LogP contribution in [0.3, 0.4) is 0 Å². The zero-order valence-electron chi connectivity index (χ0n) is 35.1. The van der Waals surface area contributed by atoms with Gasteiger partial charge in [-0.3, -0.25) is 39.4 Å². The Morgan fingerprint density at radius 3 is 1.20 bits per heavy atom. The molecule has 4 aromatic rings. The topological polar surface area (TPSA) is 168 Å². The average Bonchev–Trinajstić information content (AvgIpc) is 3.22. The quantitative estimate of drug-likeness (QED) is 0.0886. The van der Waals surface area contributed by atoms with Gasteiger partial charge in [-0.1, -0.05) is 71.4 Å². The highest BCUT2D eigenvalue weighted by molar-refractivity contribution is 7.99. The van der Waals surface area contributed by atoms with Crippen LogP contribution in [0.4, 0.5) is 11.4 Å². The zero-order chi connectivity index (χ0) is 44.1. The summed E-state index contributed by atoms with van der Waals surface area (Å²) < 4.78 is 0. The molecule has 61 heavy (non-hydrogen) atoms. The molecule has 0 aliphatic carbocycles. The third-order valence-electron chi connectivity index (χ3n) is 11.1.